The Morgan fingerprint density at radius 3 is 2.72 bits per heavy atom. The number of benzene rings is 1. The van der Waals surface area contributed by atoms with E-state index in [9.17, 15) is 17.4 Å². The van der Waals surface area contributed by atoms with Crippen molar-refractivity contribution in [3.05, 3.63) is 36.2 Å². The second kappa shape index (κ2) is 8.07. The lowest BCUT2D eigenvalue weighted by Crippen LogP contribution is -2.47. The lowest BCUT2D eigenvalue weighted by Gasteiger charge is -2.35. The summed E-state index contributed by atoms with van der Waals surface area (Å²) in [4.78, 5) is 14.2. The minimum atomic E-state index is -2.85. The number of para-hydroxylation sites is 2. The maximum absolute atomic E-state index is 13.7. The van der Waals surface area contributed by atoms with E-state index in [4.69, 9.17) is 4.74 Å². The summed E-state index contributed by atoms with van der Waals surface area (Å²) < 4.78 is 59.6. The van der Waals surface area contributed by atoms with E-state index in [1.165, 1.54) is 16.9 Å². The standard InChI is InChI=1S/C18H18F3N5O2S/c1-29(27)18-23-14(25-6-7-28-10-11(25)9-19)8-15(24-18)26-13-5-3-2-4-12(13)22-17(26)16(20)21/h2-5,8,11,16H,6-7,9-10H2,1H3. The molecule has 1 aliphatic rings. The Bertz CT molecular complexity index is 1060. The fourth-order valence-corrected chi connectivity index (χ4v) is 3.75. The zero-order valence-corrected chi connectivity index (χ0v) is 16.3. The first-order valence-corrected chi connectivity index (χ1v) is 10.4. The van der Waals surface area contributed by atoms with E-state index in [1.807, 2.05) is 0 Å². The molecule has 0 amide bonds. The zero-order chi connectivity index (χ0) is 20.5. The summed E-state index contributed by atoms with van der Waals surface area (Å²) in [7, 11) is -1.57. The van der Waals surface area contributed by atoms with Gasteiger partial charge in [0.15, 0.2) is 5.82 Å². The van der Waals surface area contributed by atoms with Gasteiger partial charge < -0.3 is 9.64 Å². The van der Waals surface area contributed by atoms with Crippen LogP contribution in [0.25, 0.3) is 16.9 Å². The molecule has 0 saturated carbocycles. The Hall–Kier alpha value is -2.53. The number of hydrogen-bond acceptors (Lipinski definition) is 6. The predicted molar refractivity (Wildman–Crippen MR) is 102 cm³/mol. The largest absolute Gasteiger partial charge is 0.377 e. The van der Waals surface area contributed by atoms with Crippen LogP contribution < -0.4 is 4.90 Å². The number of morpholine rings is 1. The molecule has 0 bridgehead atoms. The molecule has 2 aromatic heterocycles. The minimum absolute atomic E-state index is 0.0282. The maximum Gasteiger partial charge on any atom is 0.296 e. The Kier molecular flexibility index (Phi) is 5.50. The molecule has 29 heavy (non-hydrogen) atoms. The summed E-state index contributed by atoms with van der Waals surface area (Å²) >= 11 is 0. The monoisotopic (exact) mass is 425 g/mol. The second-order valence-electron chi connectivity index (χ2n) is 6.49. The number of aromatic nitrogens is 4. The summed E-state index contributed by atoms with van der Waals surface area (Å²) in [6.45, 7) is 0.251. The smallest absolute Gasteiger partial charge is 0.296 e. The Morgan fingerprint density at radius 1 is 1.24 bits per heavy atom. The van der Waals surface area contributed by atoms with Crippen LogP contribution in [0, 0.1) is 0 Å². The number of imidazole rings is 1. The van der Waals surface area contributed by atoms with Gasteiger partial charge in [-0.15, -0.1) is 0 Å². The van der Waals surface area contributed by atoms with Crippen LogP contribution in [0.3, 0.4) is 0 Å². The van der Waals surface area contributed by atoms with Crippen LogP contribution in [0.1, 0.15) is 12.2 Å². The molecule has 1 fully saturated rings. The molecule has 4 rings (SSSR count). The minimum Gasteiger partial charge on any atom is -0.377 e. The molecule has 0 spiro atoms. The van der Waals surface area contributed by atoms with Crippen molar-refractivity contribution in [3.8, 4) is 5.82 Å². The quantitative estimate of drug-likeness (QED) is 0.586. The third-order valence-electron chi connectivity index (χ3n) is 4.65. The molecule has 1 aliphatic heterocycles. The number of halogens is 3. The highest BCUT2D eigenvalue weighted by Gasteiger charge is 2.27. The van der Waals surface area contributed by atoms with Crippen LogP contribution in [0.2, 0.25) is 0 Å². The van der Waals surface area contributed by atoms with Crippen molar-refractivity contribution in [3.63, 3.8) is 0 Å². The van der Waals surface area contributed by atoms with Crippen molar-refractivity contribution < 1.29 is 22.1 Å². The first-order chi connectivity index (χ1) is 14.0. The molecule has 2 unspecified atom stereocenters. The normalized spacial score (nSPS) is 18.5. The van der Waals surface area contributed by atoms with Gasteiger partial charge in [-0.1, -0.05) is 12.1 Å². The van der Waals surface area contributed by atoms with Crippen molar-refractivity contribution >= 4 is 27.7 Å². The van der Waals surface area contributed by atoms with Gasteiger partial charge in [-0.05, 0) is 12.1 Å². The SMILES string of the molecule is CS(=O)c1nc(N2CCOCC2CF)cc(-n2c(C(F)F)nc3ccccc32)n1. The molecule has 3 heterocycles. The van der Waals surface area contributed by atoms with Gasteiger partial charge >= 0.3 is 0 Å². The number of fused-ring (bicyclic) bond motifs is 1. The van der Waals surface area contributed by atoms with Crippen LogP contribution in [-0.4, -0.2) is 62.5 Å². The zero-order valence-electron chi connectivity index (χ0n) is 15.5. The van der Waals surface area contributed by atoms with Gasteiger partial charge in [-0.25, -0.2) is 28.1 Å². The number of hydrogen-bond donors (Lipinski definition) is 0. The van der Waals surface area contributed by atoms with Gasteiger partial charge in [0.1, 0.15) is 18.3 Å². The molecule has 0 N–H and O–H groups in total. The summed E-state index contributed by atoms with van der Waals surface area (Å²) in [6, 6.07) is 7.60. The Balaban J connectivity index is 1.93. The summed E-state index contributed by atoms with van der Waals surface area (Å²) in [6.07, 6.45) is -1.45. The molecule has 1 saturated heterocycles. The summed E-state index contributed by atoms with van der Waals surface area (Å²) in [5.41, 5.74) is 0.819. The van der Waals surface area contributed by atoms with E-state index in [1.54, 1.807) is 29.2 Å². The van der Waals surface area contributed by atoms with E-state index in [-0.39, 0.29) is 17.6 Å². The van der Waals surface area contributed by atoms with E-state index < -0.39 is 35.8 Å². The van der Waals surface area contributed by atoms with Crippen LogP contribution >= 0.6 is 0 Å². The first kappa shape index (κ1) is 19.8. The van der Waals surface area contributed by atoms with Crippen molar-refractivity contribution in [1.29, 1.82) is 0 Å². The number of rotatable bonds is 5. The van der Waals surface area contributed by atoms with Crippen LogP contribution in [0.15, 0.2) is 35.5 Å². The van der Waals surface area contributed by atoms with E-state index in [0.717, 1.165) is 0 Å². The third kappa shape index (κ3) is 3.71. The average Bonchev–Trinajstić information content (AvgIpc) is 3.13. The Labute approximate surface area is 167 Å². The second-order valence-corrected chi connectivity index (χ2v) is 7.77. The van der Waals surface area contributed by atoms with Crippen LogP contribution in [0.5, 0.6) is 0 Å². The molecule has 154 valence electrons. The molecular formula is C18H18F3N5O2S. The number of alkyl halides is 3. The van der Waals surface area contributed by atoms with Gasteiger partial charge in [0.05, 0.1) is 41.1 Å². The maximum atomic E-state index is 13.7. The highest BCUT2D eigenvalue weighted by molar-refractivity contribution is 7.84. The highest BCUT2D eigenvalue weighted by Crippen LogP contribution is 2.29. The van der Waals surface area contributed by atoms with Crippen LogP contribution in [0.4, 0.5) is 19.0 Å². The molecule has 11 heteroatoms. The average molecular weight is 425 g/mol. The van der Waals surface area contributed by atoms with Crippen LogP contribution in [-0.2, 0) is 15.5 Å². The van der Waals surface area contributed by atoms with E-state index in [0.29, 0.717) is 30.0 Å². The van der Waals surface area contributed by atoms with E-state index >= 15 is 0 Å². The molecule has 7 nitrogen and oxygen atoms in total. The lowest BCUT2D eigenvalue weighted by molar-refractivity contribution is 0.0855. The van der Waals surface area contributed by atoms with E-state index in [2.05, 4.69) is 15.0 Å². The molecule has 3 aromatic rings. The van der Waals surface area contributed by atoms with Crippen molar-refractivity contribution in [2.24, 2.45) is 0 Å². The first-order valence-electron chi connectivity index (χ1n) is 8.88. The molecule has 2 atom stereocenters. The molecule has 0 radical (unpaired) electrons. The molecule has 1 aromatic carbocycles. The lowest BCUT2D eigenvalue weighted by atomic mass is 10.2. The number of nitrogens with zero attached hydrogens (tertiary/aromatic N) is 5. The number of ether oxygens (including phenoxy) is 1. The Morgan fingerprint density at radius 2 is 2.00 bits per heavy atom. The summed E-state index contributed by atoms with van der Waals surface area (Å²) in [5.74, 6) is -0.0647. The van der Waals surface area contributed by atoms with Gasteiger partial charge in [0.25, 0.3) is 6.43 Å². The van der Waals surface area contributed by atoms with Crippen molar-refractivity contribution in [1.82, 2.24) is 19.5 Å². The predicted octanol–water partition coefficient (Wildman–Crippen LogP) is 2.67. The highest BCUT2D eigenvalue weighted by atomic mass is 32.2. The number of anilines is 1. The fraction of sp³-hybridized carbons (Fsp3) is 0.389. The van der Waals surface area contributed by atoms with Gasteiger partial charge in [0, 0.05) is 18.9 Å². The molecule has 0 aliphatic carbocycles. The summed E-state index contributed by atoms with van der Waals surface area (Å²) in [5, 5.41) is -0.0282. The third-order valence-corrected chi connectivity index (χ3v) is 5.34. The van der Waals surface area contributed by atoms with Crippen molar-refractivity contribution in [2.75, 3.05) is 37.6 Å². The van der Waals surface area contributed by atoms with Gasteiger partial charge in [-0.2, -0.15) is 0 Å². The van der Waals surface area contributed by atoms with Crippen molar-refractivity contribution in [2.45, 2.75) is 17.6 Å². The van der Waals surface area contributed by atoms with Gasteiger partial charge in [-0.3, -0.25) is 8.78 Å². The molecular weight excluding hydrogens is 407 g/mol. The van der Waals surface area contributed by atoms with Gasteiger partial charge in [0.2, 0.25) is 5.16 Å². The fourth-order valence-electron chi connectivity index (χ4n) is 3.31. The topological polar surface area (TPSA) is 73.1 Å².